The van der Waals surface area contributed by atoms with E-state index in [1.165, 1.54) is 5.56 Å². The van der Waals surface area contributed by atoms with Crippen molar-refractivity contribution in [2.45, 2.75) is 38.6 Å². The van der Waals surface area contributed by atoms with Gasteiger partial charge in [0, 0.05) is 13.2 Å². The molecule has 0 heterocycles. The van der Waals surface area contributed by atoms with Crippen LogP contribution in [0.5, 0.6) is 0 Å². The maximum atomic E-state index is 11.8. The molecule has 0 bridgehead atoms. The molecule has 0 aliphatic rings. The second kappa shape index (κ2) is 10.4. The van der Waals surface area contributed by atoms with Crippen molar-refractivity contribution < 1.29 is 9.53 Å². The van der Waals surface area contributed by atoms with Gasteiger partial charge in [-0.25, -0.2) is 0 Å². The Labute approximate surface area is 121 Å². The number of unbranched alkanes of at least 4 members (excludes halogenated alkanes) is 1. The molecule has 1 aromatic rings. The van der Waals surface area contributed by atoms with Gasteiger partial charge in [0.1, 0.15) is 0 Å². The van der Waals surface area contributed by atoms with Crippen LogP contribution in [-0.4, -0.2) is 31.7 Å². The van der Waals surface area contributed by atoms with E-state index in [1.807, 2.05) is 30.3 Å². The van der Waals surface area contributed by atoms with Crippen molar-refractivity contribution in [1.82, 2.24) is 5.32 Å². The zero-order chi connectivity index (χ0) is 14.6. The zero-order valence-electron chi connectivity index (χ0n) is 12.3. The van der Waals surface area contributed by atoms with Crippen LogP contribution in [0.15, 0.2) is 30.3 Å². The lowest BCUT2D eigenvalue weighted by Crippen LogP contribution is -2.42. The van der Waals surface area contributed by atoms with Crippen LogP contribution in [0.1, 0.15) is 31.7 Å². The van der Waals surface area contributed by atoms with Crippen molar-refractivity contribution in [3.63, 3.8) is 0 Å². The fraction of sp³-hybridized carbons (Fsp3) is 0.562. The monoisotopic (exact) mass is 278 g/mol. The van der Waals surface area contributed by atoms with Crippen molar-refractivity contribution in [1.29, 1.82) is 0 Å². The Morgan fingerprint density at radius 1 is 1.30 bits per heavy atom. The van der Waals surface area contributed by atoms with Crippen LogP contribution >= 0.6 is 0 Å². The van der Waals surface area contributed by atoms with Gasteiger partial charge in [-0.1, -0.05) is 43.7 Å². The minimum absolute atomic E-state index is 0.0972. The number of rotatable bonds is 10. The number of hydrogen-bond donors (Lipinski definition) is 2. The lowest BCUT2D eigenvalue weighted by Gasteiger charge is -2.12. The average molecular weight is 278 g/mol. The van der Waals surface area contributed by atoms with Gasteiger partial charge in [-0.15, -0.1) is 0 Å². The third-order valence-electron chi connectivity index (χ3n) is 3.11. The molecule has 0 saturated heterocycles. The molecule has 112 valence electrons. The van der Waals surface area contributed by atoms with E-state index in [9.17, 15) is 4.79 Å². The lowest BCUT2D eigenvalue weighted by molar-refractivity contribution is -0.122. The summed E-state index contributed by atoms with van der Waals surface area (Å²) in [5.41, 5.74) is 7.08. The summed E-state index contributed by atoms with van der Waals surface area (Å²) >= 11 is 0. The standard InChI is InChI=1S/C16H26N2O2/c1-2-3-12-20-13-11-18-16(19)15(17)10-9-14-7-5-4-6-8-14/h4-8,15H,2-3,9-13,17H2,1H3,(H,18,19)/t15-/m0/s1. The van der Waals surface area contributed by atoms with Crippen molar-refractivity contribution in [2.75, 3.05) is 19.8 Å². The SMILES string of the molecule is CCCCOCCNC(=O)[C@@H](N)CCc1ccccc1. The molecule has 1 atom stereocenters. The fourth-order valence-corrected chi connectivity index (χ4v) is 1.82. The third kappa shape index (κ3) is 7.26. The highest BCUT2D eigenvalue weighted by Crippen LogP contribution is 2.03. The first-order valence-corrected chi connectivity index (χ1v) is 7.39. The van der Waals surface area contributed by atoms with Gasteiger partial charge in [-0.05, 0) is 24.8 Å². The number of benzene rings is 1. The van der Waals surface area contributed by atoms with Crippen LogP contribution in [0.4, 0.5) is 0 Å². The zero-order valence-corrected chi connectivity index (χ0v) is 12.3. The second-order valence-electron chi connectivity index (χ2n) is 4.89. The molecule has 1 rings (SSSR count). The number of nitrogens with two attached hydrogens (primary N) is 1. The van der Waals surface area contributed by atoms with E-state index in [-0.39, 0.29) is 5.91 Å². The summed E-state index contributed by atoms with van der Waals surface area (Å²) in [6.07, 6.45) is 3.66. The van der Waals surface area contributed by atoms with Gasteiger partial charge >= 0.3 is 0 Å². The molecule has 0 aliphatic carbocycles. The molecule has 0 unspecified atom stereocenters. The van der Waals surface area contributed by atoms with Crippen LogP contribution in [0.2, 0.25) is 0 Å². The second-order valence-corrected chi connectivity index (χ2v) is 4.89. The number of hydrogen-bond acceptors (Lipinski definition) is 3. The lowest BCUT2D eigenvalue weighted by atomic mass is 10.1. The Morgan fingerprint density at radius 3 is 2.75 bits per heavy atom. The van der Waals surface area contributed by atoms with E-state index in [0.717, 1.165) is 25.9 Å². The van der Waals surface area contributed by atoms with Crippen LogP contribution in [0.25, 0.3) is 0 Å². The normalized spacial score (nSPS) is 12.1. The number of amides is 1. The molecular formula is C16H26N2O2. The van der Waals surface area contributed by atoms with Crippen LogP contribution in [-0.2, 0) is 16.0 Å². The summed E-state index contributed by atoms with van der Waals surface area (Å²) in [5, 5.41) is 2.81. The predicted molar refractivity (Wildman–Crippen MR) is 81.5 cm³/mol. The van der Waals surface area contributed by atoms with Crippen molar-refractivity contribution >= 4 is 5.91 Å². The number of ether oxygens (including phenoxy) is 1. The van der Waals surface area contributed by atoms with E-state index >= 15 is 0 Å². The maximum Gasteiger partial charge on any atom is 0.237 e. The van der Waals surface area contributed by atoms with Crippen molar-refractivity contribution in [3.05, 3.63) is 35.9 Å². The van der Waals surface area contributed by atoms with Gasteiger partial charge in [0.25, 0.3) is 0 Å². The largest absolute Gasteiger partial charge is 0.380 e. The van der Waals surface area contributed by atoms with Crippen LogP contribution in [0, 0.1) is 0 Å². The van der Waals surface area contributed by atoms with E-state index in [0.29, 0.717) is 19.6 Å². The molecule has 0 radical (unpaired) electrons. The molecule has 0 fully saturated rings. The van der Waals surface area contributed by atoms with E-state index in [1.54, 1.807) is 0 Å². The van der Waals surface area contributed by atoms with E-state index in [4.69, 9.17) is 10.5 Å². The Morgan fingerprint density at radius 2 is 2.05 bits per heavy atom. The number of carbonyl (C=O) groups is 1. The van der Waals surface area contributed by atoms with Gasteiger partial charge in [0.2, 0.25) is 5.91 Å². The van der Waals surface area contributed by atoms with Crippen molar-refractivity contribution in [3.8, 4) is 0 Å². The Hall–Kier alpha value is -1.39. The molecule has 0 aromatic heterocycles. The molecule has 4 heteroatoms. The van der Waals surface area contributed by atoms with Gasteiger partial charge < -0.3 is 15.8 Å². The first kappa shape index (κ1) is 16.7. The summed E-state index contributed by atoms with van der Waals surface area (Å²) in [5.74, 6) is -0.0972. The Balaban J connectivity index is 2.10. The quantitative estimate of drug-likeness (QED) is 0.642. The number of aryl methyl sites for hydroxylation is 1. The summed E-state index contributed by atoms with van der Waals surface area (Å²) in [7, 11) is 0. The van der Waals surface area contributed by atoms with Crippen molar-refractivity contribution in [2.24, 2.45) is 5.73 Å². The minimum atomic E-state index is -0.453. The molecule has 0 saturated carbocycles. The van der Waals surface area contributed by atoms with Gasteiger partial charge in [0.05, 0.1) is 12.6 Å². The molecule has 0 aliphatic heterocycles. The maximum absolute atomic E-state index is 11.8. The summed E-state index contributed by atoms with van der Waals surface area (Å²) in [4.78, 5) is 11.8. The first-order valence-electron chi connectivity index (χ1n) is 7.39. The van der Waals surface area contributed by atoms with Gasteiger partial charge in [-0.3, -0.25) is 4.79 Å². The number of carbonyl (C=O) groups excluding carboxylic acids is 1. The van der Waals surface area contributed by atoms with Gasteiger partial charge in [0.15, 0.2) is 0 Å². The summed E-state index contributed by atoms with van der Waals surface area (Å²) in [6, 6.07) is 9.61. The molecule has 1 aromatic carbocycles. The summed E-state index contributed by atoms with van der Waals surface area (Å²) in [6.45, 7) is 3.96. The minimum Gasteiger partial charge on any atom is -0.380 e. The number of nitrogens with one attached hydrogen (secondary N) is 1. The molecule has 0 spiro atoms. The highest BCUT2D eigenvalue weighted by Gasteiger charge is 2.12. The van der Waals surface area contributed by atoms with Crippen LogP contribution < -0.4 is 11.1 Å². The van der Waals surface area contributed by atoms with E-state index in [2.05, 4.69) is 12.2 Å². The smallest absolute Gasteiger partial charge is 0.237 e. The van der Waals surface area contributed by atoms with Gasteiger partial charge in [-0.2, -0.15) is 0 Å². The molecule has 20 heavy (non-hydrogen) atoms. The molecule has 3 N–H and O–H groups in total. The molecule has 4 nitrogen and oxygen atoms in total. The first-order chi connectivity index (χ1) is 9.74. The highest BCUT2D eigenvalue weighted by atomic mass is 16.5. The summed E-state index contributed by atoms with van der Waals surface area (Å²) < 4.78 is 5.38. The highest BCUT2D eigenvalue weighted by molar-refractivity contribution is 5.81. The fourth-order valence-electron chi connectivity index (χ4n) is 1.82. The average Bonchev–Trinajstić information content (AvgIpc) is 2.49. The predicted octanol–water partition coefficient (Wildman–Crippen LogP) is 1.88. The van der Waals surface area contributed by atoms with E-state index < -0.39 is 6.04 Å². The topological polar surface area (TPSA) is 64.3 Å². The molecular weight excluding hydrogens is 252 g/mol. The Kier molecular flexibility index (Phi) is 8.67. The Bertz CT molecular complexity index is 368. The molecule has 1 amide bonds. The van der Waals surface area contributed by atoms with Crippen LogP contribution in [0.3, 0.4) is 0 Å². The third-order valence-corrected chi connectivity index (χ3v) is 3.11.